The van der Waals surface area contributed by atoms with Crippen molar-refractivity contribution in [1.29, 1.82) is 0 Å². The minimum absolute atomic E-state index is 0.0871. The van der Waals surface area contributed by atoms with Crippen LogP contribution in [0.1, 0.15) is 28.8 Å². The maximum atomic E-state index is 13.1. The topological polar surface area (TPSA) is 38.8 Å². The van der Waals surface area contributed by atoms with E-state index >= 15 is 0 Å². The van der Waals surface area contributed by atoms with Gasteiger partial charge in [-0.1, -0.05) is 12.1 Å². The molecule has 0 aromatic heterocycles. The minimum Gasteiger partial charge on any atom is -0.495 e. The van der Waals surface area contributed by atoms with Gasteiger partial charge >= 0.3 is 0 Å². The van der Waals surface area contributed by atoms with E-state index < -0.39 is 0 Å². The summed E-state index contributed by atoms with van der Waals surface area (Å²) in [5, 5.41) is 0. The number of carbonyl (C=O) groups is 1. The van der Waals surface area contributed by atoms with E-state index in [4.69, 9.17) is 9.47 Å². The summed E-state index contributed by atoms with van der Waals surface area (Å²) in [5.74, 6) is 0.715. The molecule has 0 unspecified atom stereocenters. The van der Waals surface area contributed by atoms with Crippen molar-refractivity contribution in [2.24, 2.45) is 0 Å². The Morgan fingerprint density at radius 1 is 1.16 bits per heavy atom. The zero-order valence-corrected chi connectivity index (χ0v) is 15.7. The second kappa shape index (κ2) is 7.44. The van der Waals surface area contributed by atoms with Crippen LogP contribution < -0.4 is 9.47 Å². The molecule has 1 saturated carbocycles. The first kappa shape index (κ1) is 17.7. The van der Waals surface area contributed by atoms with Crippen LogP contribution in [0.15, 0.2) is 40.9 Å². The van der Waals surface area contributed by atoms with Crippen LogP contribution in [-0.2, 0) is 6.54 Å². The van der Waals surface area contributed by atoms with Gasteiger partial charge in [0.2, 0.25) is 0 Å². The summed E-state index contributed by atoms with van der Waals surface area (Å²) in [6.45, 7) is 0.449. The molecule has 0 N–H and O–H groups in total. The number of halogens is 2. The van der Waals surface area contributed by atoms with E-state index in [1.54, 1.807) is 38.5 Å². The molecule has 0 radical (unpaired) electrons. The number of nitrogens with zero attached hydrogens (tertiary/aromatic N) is 1. The molecule has 0 bridgehead atoms. The molecule has 1 aliphatic rings. The number of rotatable bonds is 6. The van der Waals surface area contributed by atoms with Gasteiger partial charge in [0.05, 0.1) is 14.2 Å². The molecule has 1 amide bonds. The number of amides is 1. The Morgan fingerprint density at radius 2 is 1.72 bits per heavy atom. The lowest BCUT2D eigenvalue weighted by molar-refractivity contribution is 0.0729. The van der Waals surface area contributed by atoms with Crippen molar-refractivity contribution in [3.63, 3.8) is 0 Å². The average molecular weight is 408 g/mol. The molecular weight excluding hydrogens is 389 g/mol. The molecule has 0 spiro atoms. The van der Waals surface area contributed by atoms with Crippen molar-refractivity contribution in [3.8, 4) is 11.5 Å². The van der Waals surface area contributed by atoms with Crippen LogP contribution in [0.4, 0.5) is 4.39 Å². The van der Waals surface area contributed by atoms with Gasteiger partial charge in [0.1, 0.15) is 21.8 Å². The summed E-state index contributed by atoms with van der Waals surface area (Å²) < 4.78 is 24.4. The third kappa shape index (κ3) is 3.95. The van der Waals surface area contributed by atoms with Gasteiger partial charge in [0.25, 0.3) is 5.91 Å². The maximum absolute atomic E-state index is 13.1. The van der Waals surface area contributed by atoms with E-state index in [1.807, 2.05) is 4.90 Å². The first-order valence-corrected chi connectivity index (χ1v) is 8.79. The van der Waals surface area contributed by atoms with Crippen LogP contribution in [-0.4, -0.2) is 31.1 Å². The zero-order chi connectivity index (χ0) is 18.0. The molecule has 0 atom stereocenters. The molecule has 6 heteroatoms. The van der Waals surface area contributed by atoms with Gasteiger partial charge in [0, 0.05) is 18.2 Å². The van der Waals surface area contributed by atoms with Gasteiger partial charge in [-0.2, -0.15) is 0 Å². The molecule has 0 aliphatic heterocycles. The predicted octanol–water partition coefficient (Wildman–Crippen LogP) is 4.41. The summed E-state index contributed by atoms with van der Waals surface area (Å²) in [7, 11) is 3.09. The molecule has 1 aliphatic carbocycles. The maximum Gasteiger partial charge on any atom is 0.254 e. The Bertz CT molecular complexity index is 750. The van der Waals surface area contributed by atoms with Crippen molar-refractivity contribution < 1.29 is 18.7 Å². The highest BCUT2D eigenvalue weighted by Gasteiger charge is 2.33. The third-order valence-corrected chi connectivity index (χ3v) is 4.99. The normalized spacial score (nSPS) is 13.4. The highest BCUT2D eigenvalue weighted by Crippen LogP contribution is 2.37. The summed E-state index contributed by atoms with van der Waals surface area (Å²) in [5.41, 5.74) is 1.41. The molecule has 0 saturated heterocycles. The first-order chi connectivity index (χ1) is 12.0. The molecule has 0 heterocycles. The molecule has 3 rings (SSSR count). The van der Waals surface area contributed by atoms with E-state index in [0.717, 1.165) is 18.4 Å². The van der Waals surface area contributed by atoms with Gasteiger partial charge in [-0.3, -0.25) is 4.79 Å². The molecule has 4 nitrogen and oxygen atoms in total. The van der Waals surface area contributed by atoms with Crippen molar-refractivity contribution in [2.45, 2.75) is 25.4 Å². The molecule has 2 aromatic carbocycles. The minimum atomic E-state index is -0.282. The number of hydrogen-bond acceptors (Lipinski definition) is 3. The van der Waals surface area contributed by atoms with Crippen molar-refractivity contribution >= 4 is 21.8 Å². The van der Waals surface area contributed by atoms with E-state index in [0.29, 0.717) is 28.1 Å². The summed E-state index contributed by atoms with van der Waals surface area (Å²) in [4.78, 5) is 14.9. The first-order valence-electron chi connectivity index (χ1n) is 8.00. The third-order valence-electron chi connectivity index (χ3n) is 4.21. The van der Waals surface area contributed by atoms with E-state index in [1.165, 1.54) is 12.1 Å². The quantitative estimate of drug-likeness (QED) is 0.711. The molecule has 2 aromatic rings. The van der Waals surface area contributed by atoms with Crippen LogP contribution in [0, 0.1) is 5.82 Å². The highest BCUT2D eigenvalue weighted by molar-refractivity contribution is 9.10. The van der Waals surface area contributed by atoms with Crippen molar-refractivity contribution in [3.05, 3.63) is 57.8 Å². The zero-order valence-electron chi connectivity index (χ0n) is 14.1. The van der Waals surface area contributed by atoms with Gasteiger partial charge in [-0.05, 0) is 58.6 Å². The van der Waals surface area contributed by atoms with Crippen molar-refractivity contribution in [1.82, 2.24) is 4.90 Å². The number of methoxy groups -OCH3 is 2. The number of hydrogen-bond donors (Lipinski definition) is 0. The molecule has 1 fully saturated rings. The fraction of sp³-hybridized carbons (Fsp3) is 0.316. The smallest absolute Gasteiger partial charge is 0.254 e. The Labute approximate surface area is 154 Å². The lowest BCUT2D eigenvalue weighted by Crippen LogP contribution is -2.32. The molecule has 132 valence electrons. The van der Waals surface area contributed by atoms with Crippen LogP contribution >= 0.6 is 15.9 Å². The number of ether oxygens (including phenoxy) is 2. The Balaban J connectivity index is 1.89. The Hall–Kier alpha value is -2.08. The van der Waals surface area contributed by atoms with E-state index in [2.05, 4.69) is 15.9 Å². The second-order valence-corrected chi connectivity index (χ2v) is 6.78. The highest BCUT2D eigenvalue weighted by atomic mass is 79.9. The predicted molar refractivity (Wildman–Crippen MR) is 96.5 cm³/mol. The fourth-order valence-electron chi connectivity index (χ4n) is 2.70. The summed E-state index contributed by atoms with van der Waals surface area (Å²) >= 11 is 3.41. The van der Waals surface area contributed by atoms with Gasteiger partial charge < -0.3 is 14.4 Å². The number of benzene rings is 2. The molecule has 25 heavy (non-hydrogen) atoms. The van der Waals surface area contributed by atoms with Crippen molar-refractivity contribution in [2.75, 3.05) is 14.2 Å². The SMILES string of the molecule is COc1cc(C(=O)N(Cc2ccc(F)cc2)C2CC2)cc(OC)c1Br. The van der Waals surface area contributed by atoms with Crippen LogP contribution in [0.25, 0.3) is 0 Å². The van der Waals surface area contributed by atoms with E-state index in [9.17, 15) is 9.18 Å². The second-order valence-electron chi connectivity index (χ2n) is 5.99. The van der Waals surface area contributed by atoms with Crippen LogP contribution in [0.5, 0.6) is 11.5 Å². The fourth-order valence-corrected chi connectivity index (χ4v) is 3.25. The largest absolute Gasteiger partial charge is 0.495 e. The summed E-state index contributed by atoms with van der Waals surface area (Å²) in [6, 6.07) is 9.87. The van der Waals surface area contributed by atoms with Crippen LogP contribution in [0.2, 0.25) is 0 Å². The Kier molecular flexibility index (Phi) is 5.27. The lowest BCUT2D eigenvalue weighted by Gasteiger charge is -2.23. The van der Waals surface area contributed by atoms with Crippen LogP contribution in [0.3, 0.4) is 0 Å². The lowest BCUT2D eigenvalue weighted by atomic mass is 10.1. The van der Waals surface area contributed by atoms with Gasteiger partial charge in [0.15, 0.2) is 0 Å². The van der Waals surface area contributed by atoms with Gasteiger partial charge in [-0.15, -0.1) is 0 Å². The number of carbonyl (C=O) groups excluding carboxylic acids is 1. The van der Waals surface area contributed by atoms with Gasteiger partial charge in [-0.25, -0.2) is 4.39 Å². The average Bonchev–Trinajstić information content (AvgIpc) is 3.46. The van der Waals surface area contributed by atoms with E-state index in [-0.39, 0.29) is 17.8 Å². The molecular formula is C19H19BrFNO3. The Morgan fingerprint density at radius 3 is 2.20 bits per heavy atom. The summed E-state index contributed by atoms with van der Waals surface area (Å²) in [6.07, 6.45) is 1.97. The monoisotopic (exact) mass is 407 g/mol. The standard InChI is InChI=1S/C19H19BrFNO3/c1-24-16-9-13(10-17(25-2)18(16)20)19(23)22(15-7-8-15)11-12-3-5-14(21)6-4-12/h3-6,9-10,15H,7-8,11H2,1-2H3.